The first-order valence-electron chi connectivity index (χ1n) is 10.6. The number of hydrogen-bond acceptors (Lipinski definition) is 5. The number of methoxy groups -OCH3 is 2. The van der Waals surface area contributed by atoms with Crippen molar-refractivity contribution in [2.24, 2.45) is 0 Å². The van der Waals surface area contributed by atoms with Gasteiger partial charge in [0.05, 0.1) is 30.9 Å². The molecule has 1 unspecified atom stereocenters. The van der Waals surface area contributed by atoms with Crippen molar-refractivity contribution in [3.63, 3.8) is 0 Å². The third-order valence-corrected chi connectivity index (χ3v) is 5.87. The van der Waals surface area contributed by atoms with Gasteiger partial charge < -0.3 is 19.7 Å². The third kappa shape index (κ3) is 5.85. The predicted molar refractivity (Wildman–Crippen MR) is 135 cm³/mol. The first-order chi connectivity index (χ1) is 14.5. The topological polar surface area (TPSA) is 46.6 Å². The lowest BCUT2D eigenvalue weighted by Gasteiger charge is -2.22. The Kier molecular flexibility index (Phi) is 9.48. The molecule has 5 nitrogen and oxygen atoms in total. The van der Waals surface area contributed by atoms with Crippen LogP contribution in [0.3, 0.4) is 0 Å². The molecule has 0 saturated heterocycles. The lowest BCUT2D eigenvalue weighted by molar-refractivity contribution is 0.295. The Balaban J connectivity index is 0.00000341. The van der Waals surface area contributed by atoms with Crippen molar-refractivity contribution in [3.8, 4) is 11.5 Å². The van der Waals surface area contributed by atoms with Crippen molar-refractivity contribution in [2.75, 3.05) is 39.2 Å². The molecule has 0 fully saturated rings. The average molecular weight is 466 g/mol. The van der Waals surface area contributed by atoms with E-state index in [-0.39, 0.29) is 12.4 Å². The smallest absolute Gasteiger partial charge is 0.162 e. The van der Waals surface area contributed by atoms with Gasteiger partial charge in [-0.1, -0.05) is 25.4 Å². The number of fused-ring (bicyclic) bond motifs is 2. The van der Waals surface area contributed by atoms with Crippen LogP contribution in [0.1, 0.15) is 33.6 Å². The van der Waals surface area contributed by atoms with E-state index in [1.807, 2.05) is 30.3 Å². The lowest BCUT2D eigenvalue weighted by atomic mass is 10.0. The van der Waals surface area contributed by atoms with Crippen LogP contribution >= 0.6 is 24.0 Å². The van der Waals surface area contributed by atoms with Crippen molar-refractivity contribution in [1.82, 2.24) is 9.88 Å². The van der Waals surface area contributed by atoms with Gasteiger partial charge in [0.15, 0.2) is 11.5 Å². The minimum absolute atomic E-state index is 0. The second-order valence-corrected chi connectivity index (χ2v) is 8.02. The number of benzene rings is 2. The number of halogens is 2. The average Bonchev–Trinajstić information content (AvgIpc) is 2.75. The van der Waals surface area contributed by atoms with Gasteiger partial charge in [-0.3, -0.25) is 0 Å². The zero-order valence-electron chi connectivity index (χ0n) is 19.0. The van der Waals surface area contributed by atoms with Gasteiger partial charge in [-0.2, -0.15) is 0 Å². The first-order valence-corrected chi connectivity index (χ1v) is 11.0. The van der Waals surface area contributed by atoms with E-state index in [0.29, 0.717) is 22.6 Å². The van der Waals surface area contributed by atoms with E-state index in [4.69, 9.17) is 26.1 Å². The first kappa shape index (κ1) is 25.3. The third-order valence-electron chi connectivity index (χ3n) is 5.64. The SMILES string of the molecule is CCN(CC)CCCC(C)Nc1c2ccc(Cl)cc2nc2cc(OC)c(OC)cc12.Cl. The van der Waals surface area contributed by atoms with Crippen LogP contribution in [0, 0.1) is 0 Å². The van der Waals surface area contributed by atoms with Crippen molar-refractivity contribution >= 4 is 51.5 Å². The normalized spacial score (nSPS) is 12.1. The van der Waals surface area contributed by atoms with Gasteiger partial charge >= 0.3 is 0 Å². The zero-order chi connectivity index (χ0) is 21.7. The van der Waals surface area contributed by atoms with Crippen LogP contribution < -0.4 is 14.8 Å². The molecule has 0 amide bonds. The molecule has 7 heteroatoms. The van der Waals surface area contributed by atoms with E-state index >= 15 is 0 Å². The number of aromatic nitrogens is 1. The van der Waals surface area contributed by atoms with Crippen molar-refractivity contribution in [1.29, 1.82) is 0 Å². The summed E-state index contributed by atoms with van der Waals surface area (Å²) in [5.41, 5.74) is 2.77. The summed E-state index contributed by atoms with van der Waals surface area (Å²) in [7, 11) is 3.29. The van der Waals surface area contributed by atoms with Gasteiger partial charge in [0.2, 0.25) is 0 Å². The van der Waals surface area contributed by atoms with Gasteiger partial charge in [0.1, 0.15) is 0 Å². The van der Waals surface area contributed by atoms with Crippen molar-refractivity contribution in [3.05, 3.63) is 35.4 Å². The summed E-state index contributed by atoms with van der Waals surface area (Å²) in [5, 5.41) is 6.48. The summed E-state index contributed by atoms with van der Waals surface area (Å²) in [4.78, 5) is 7.29. The second-order valence-electron chi connectivity index (χ2n) is 7.59. The monoisotopic (exact) mass is 465 g/mol. The molecular formula is C24H33Cl2N3O2. The molecule has 1 N–H and O–H groups in total. The number of ether oxygens (including phenoxy) is 2. The molecule has 31 heavy (non-hydrogen) atoms. The van der Waals surface area contributed by atoms with Gasteiger partial charge in [-0.15, -0.1) is 12.4 Å². The number of nitrogens with zero attached hydrogens (tertiary/aromatic N) is 2. The molecule has 1 aromatic heterocycles. The standard InChI is InChI=1S/C24H32ClN3O2.ClH/c1-6-28(7-2)12-8-9-16(3)26-24-18-11-10-17(25)13-20(18)27-21-15-23(30-5)22(29-4)14-19(21)24;/h10-11,13-16H,6-9,12H2,1-5H3,(H,26,27);1H. The molecule has 170 valence electrons. The molecule has 0 bridgehead atoms. The predicted octanol–water partition coefficient (Wildman–Crippen LogP) is 6.40. The highest BCUT2D eigenvalue weighted by Crippen LogP contribution is 2.39. The maximum absolute atomic E-state index is 6.25. The van der Waals surface area contributed by atoms with E-state index in [0.717, 1.165) is 60.0 Å². The van der Waals surface area contributed by atoms with Crippen LogP contribution in [0.15, 0.2) is 30.3 Å². The van der Waals surface area contributed by atoms with Crippen LogP contribution in [-0.4, -0.2) is 49.8 Å². The van der Waals surface area contributed by atoms with E-state index < -0.39 is 0 Å². The van der Waals surface area contributed by atoms with Gasteiger partial charge in [-0.25, -0.2) is 4.98 Å². The van der Waals surface area contributed by atoms with E-state index in [1.165, 1.54) is 0 Å². The fraction of sp³-hybridized carbons (Fsp3) is 0.458. The largest absolute Gasteiger partial charge is 0.493 e. The van der Waals surface area contributed by atoms with E-state index in [2.05, 4.69) is 31.0 Å². The Morgan fingerprint density at radius 2 is 1.65 bits per heavy atom. The molecule has 0 saturated carbocycles. The molecule has 3 aromatic rings. The second kappa shape index (κ2) is 11.6. The fourth-order valence-corrected chi connectivity index (χ4v) is 4.05. The van der Waals surface area contributed by atoms with Crippen LogP contribution in [-0.2, 0) is 0 Å². The van der Waals surface area contributed by atoms with Crippen LogP contribution in [0.2, 0.25) is 5.02 Å². The number of anilines is 1. The molecular weight excluding hydrogens is 433 g/mol. The minimum Gasteiger partial charge on any atom is -0.493 e. The van der Waals surface area contributed by atoms with Crippen LogP contribution in [0.4, 0.5) is 5.69 Å². The van der Waals surface area contributed by atoms with Crippen LogP contribution in [0.5, 0.6) is 11.5 Å². The molecule has 3 rings (SSSR count). The molecule has 1 heterocycles. The summed E-state index contributed by atoms with van der Waals surface area (Å²) >= 11 is 6.25. The van der Waals surface area contributed by atoms with Gasteiger partial charge in [-0.05, 0) is 63.7 Å². The molecule has 0 radical (unpaired) electrons. The summed E-state index contributed by atoms with van der Waals surface area (Å²) in [6.45, 7) is 9.98. The highest BCUT2D eigenvalue weighted by molar-refractivity contribution is 6.31. The number of hydrogen-bond donors (Lipinski definition) is 1. The number of rotatable bonds is 10. The van der Waals surface area contributed by atoms with Gasteiger partial charge in [0, 0.05) is 27.9 Å². The van der Waals surface area contributed by atoms with Gasteiger partial charge in [0.25, 0.3) is 0 Å². The highest BCUT2D eigenvalue weighted by Gasteiger charge is 2.16. The Labute approximate surface area is 196 Å². The van der Waals surface area contributed by atoms with E-state index in [1.54, 1.807) is 14.2 Å². The Bertz CT molecular complexity index is 1010. The maximum Gasteiger partial charge on any atom is 0.162 e. The minimum atomic E-state index is 0. The quantitative estimate of drug-likeness (QED) is 0.350. The molecule has 0 spiro atoms. The summed E-state index contributed by atoms with van der Waals surface area (Å²) in [5.74, 6) is 1.36. The maximum atomic E-state index is 6.25. The zero-order valence-corrected chi connectivity index (χ0v) is 20.6. The lowest BCUT2D eigenvalue weighted by Crippen LogP contribution is -2.25. The highest BCUT2D eigenvalue weighted by atomic mass is 35.5. The Hall–Kier alpha value is -1.95. The molecule has 2 aromatic carbocycles. The molecule has 0 aliphatic rings. The van der Waals surface area contributed by atoms with Crippen molar-refractivity contribution < 1.29 is 9.47 Å². The molecule has 0 aliphatic carbocycles. The Morgan fingerprint density at radius 1 is 1.00 bits per heavy atom. The summed E-state index contributed by atoms with van der Waals surface area (Å²) < 4.78 is 11.0. The summed E-state index contributed by atoms with van der Waals surface area (Å²) in [6, 6.07) is 10.1. The van der Waals surface area contributed by atoms with Crippen molar-refractivity contribution in [2.45, 2.75) is 39.7 Å². The van der Waals surface area contributed by atoms with E-state index in [9.17, 15) is 0 Å². The number of nitrogens with one attached hydrogen (secondary N) is 1. The number of pyridine rings is 1. The molecule has 0 aliphatic heterocycles. The summed E-state index contributed by atoms with van der Waals surface area (Å²) in [6.07, 6.45) is 2.24. The Morgan fingerprint density at radius 3 is 2.29 bits per heavy atom. The fourth-order valence-electron chi connectivity index (χ4n) is 3.88. The van der Waals surface area contributed by atoms with Crippen LogP contribution in [0.25, 0.3) is 21.8 Å². The molecule has 1 atom stereocenters.